The van der Waals surface area contributed by atoms with E-state index < -0.39 is 11.8 Å². The van der Waals surface area contributed by atoms with Gasteiger partial charge in [-0.05, 0) is 41.3 Å². The first kappa shape index (κ1) is 20.7. The Morgan fingerprint density at radius 1 is 1.11 bits per heavy atom. The van der Waals surface area contributed by atoms with Crippen LogP contribution < -0.4 is 16.0 Å². The molecule has 0 radical (unpaired) electrons. The van der Waals surface area contributed by atoms with E-state index in [-0.39, 0.29) is 11.0 Å². The van der Waals surface area contributed by atoms with E-state index in [4.69, 9.17) is 5.73 Å². The first-order chi connectivity index (χ1) is 13.1. The van der Waals surface area contributed by atoms with Crippen molar-refractivity contribution >= 4 is 28.9 Å². The number of nitrogen functional groups attached to an aromatic ring is 1. The van der Waals surface area contributed by atoms with Crippen LogP contribution in [-0.4, -0.2) is 11.8 Å². The summed E-state index contributed by atoms with van der Waals surface area (Å²) < 4.78 is 0. The minimum atomic E-state index is -0.708. The maximum atomic E-state index is 12.8. The van der Waals surface area contributed by atoms with Crippen LogP contribution in [0.3, 0.4) is 0 Å². The molecule has 6 heteroatoms. The second-order valence-electron chi connectivity index (χ2n) is 7.36. The molecule has 0 unspecified atom stereocenters. The minimum Gasteiger partial charge on any atom is -0.399 e. The Morgan fingerprint density at radius 3 is 2.25 bits per heavy atom. The van der Waals surface area contributed by atoms with Crippen molar-refractivity contribution in [1.29, 1.82) is 5.26 Å². The molecule has 28 heavy (non-hydrogen) atoms. The summed E-state index contributed by atoms with van der Waals surface area (Å²) in [6.45, 7) is 7.50. The van der Waals surface area contributed by atoms with E-state index in [1.807, 2.05) is 30.3 Å². The van der Waals surface area contributed by atoms with E-state index in [1.165, 1.54) is 13.1 Å². The molecule has 0 heterocycles. The fourth-order valence-corrected chi connectivity index (χ4v) is 2.74. The monoisotopic (exact) mass is 376 g/mol. The van der Waals surface area contributed by atoms with Crippen LogP contribution in [0.2, 0.25) is 0 Å². The van der Waals surface area contributed by atoms with E-state index in [0.717, 1.165) is 16.2 Å². The Hall–Kier alpha value is -3.59. The van der Waals surface area contributed by atoms with Gasteiger partial charge >= 0.3 is 0 Å². The molecule has 3 N–H and O–H groups in total. The summed E-state index contributed by atoms with van der Waals surface area (Å²) in [6.07, 6.45) is 1.33. The van der Waals surface area contributed by atoms with E-state index >= 15 is 0 Å². The van der Waals surface area contributed by atoms with Gasteiger partial charge in [-0.15, -0.1) is 0 Å². The standard InChI is InChI=1S/C22H24N4O2/c1-15(27)26(18-11-9-17(24)10-12-18)21(28)16(13-23)14-25-20-8-6-5-7-19(20)22(2,3)4/h5-12,14,25H,24H2,1-4H3/b16-14-. The third-order valence-corrected chi connectivity index (χ3v) is 4.13. The molecular weight excluding hydrogens is 352 g/mol. The van der Waals surface area contributed by atoms with Crippen LogP contribution >= 0.6 is 0 Å². The van der Waals surface area contributed by atoms with Crippen molar-refractivity contribution < 1.29 is 9.59 Å². The number of nitriles is 1. The van der Waals surface area contributed by atoms with Crippen LogP contribution in [0.1, 0.15) is 33.3 Å². The van der Waals surface area contributed by atoms with Gasteiger partial charge in [-0.1, -0.05) is 39.0 Å². The van der Waals surface area contributed by atoms with E-state index in [0.29, 0.717) is 11.4 Å². The first-order valence-electron chi connectivity index (χ1n) is 8.82. The Bertz CT molecular complexity index is 948. The summed E-state index contributed by atoms with van der Waals surface area (Å²) in [5.74, 6) is -1.20. The van der Waals surface area contributed by atoms with Crippen molar-refractivity contribution in [2.45, 2.75) is 33.1 Å². The molecule has 0 aromatic heterocycles. The number of rotatable bonds is 4. The van der Waals surface area contributed by atoms with Gasteiger partial charge in [-0.25, -0.2) is 4.90 Å². The minimum absolute atomic E-state index is 0.121. The molecular formula is C22H24N4O2. The van der Waals surface area contributed by atoms with Gasteiger partial charge < -0.3 is 11.1 Å². The highest BCUT2D eigenvalue weighted by Gasteiger charge is 2.24. The van der Waals surface area contributed by atoms with Gasteiger partial charge in [0.2, 0.25) is 5.91 Å². The molecule has 2 amide bonds. The van der Waals surface area contributed by atoms with Crippen molar-refractivity contribution in [3.8, 4) is 6.07 Å². The third kappa shape index (κ3) is 4.77. The van der Waals surface area contributed by atoms with E-state index in [1.54, 1.807) is 24.3 Å². The molecule has 0 aliphatic heterocycles. The van der Waals surface area contributed by atoms with Gasteiger partial charge in [0.15, 0.2) is 0 Å². The number of amides is 2. The lowest BCUT2D eigenvalue weighted by Crippen LogP contribution is -2.36. The van der Waals surface area contributed by atoms with Crippen molar-refractivity contribution in [2.24, 2.45) is 0 Å². The number of anilines is 3. The average Bonchev–Trinajstić information content (AvgIpc) is 2.63. The molecule has 144 valence electrons. The molecule has 0 aliphatic carbocycles. The number of nitrogens with two attached hydrogens (primary N) is 1. The summed E-state index contributed by atoms with van der Waals surface area (Å²) >= 11 is 0. The Balaban J connectivity index is 2.36. The normalized spacial score (nSPS) is 11.5. The topological polar surface area (TPSA) is 99.2 Å². The molecule has 0 aliphatic rings. The molecule has 0 bridgehead atoms. The molecule has 6 nitrogen and oxygen atoms in total. The van der Waals surface area contributed by atoms with E-state index in [2.05, 4.69) is 26.1 Å². The number of nitrogens with zero attached hydrogens (tertiary/aromatic N) is 2. The van der Waals surface area contributed by atoms with Crippen LogP contribution in [0, 0.1) is 11.3 Å². The summed E-state index contributed by atoms with van der Waals surface area (Å²) in [5, 5.41) is 12.5. The number of benzene rings is 2. The third-order valence-electron chi connectivity index (χ3n) is 4.13. The fraction of sp³-hybridized carbons (Fsp3) is 0.227. The zero-order chi connectivity index (χ0) is 20.9. The number of para-hydroxylation sites is 1. The maximum absolute atomic E-state index is 12.8. The Morgan fingerprint density at radius 2 is 1.71 bits per heavy atom. The van der Waals surface area contributed by atoms with Gasteiger partial charge in [0, 0.05) is 24.5 Å². The van der Waals surface area contributed by atoms with Crippen LogP contribution in [0.5, 0.6) is 0 Å². The van der Waals surface area contributed by atoms with Gasteiger partial charge in [0.05, 0.1) is 5.69 Å². The molecule has 0 saturated carbocycles. The smallest absolute Gasteiger partial charge is 0.277 e. The number of hydrogen-bond acceptors (Lipinski definition) is 5. The SMILES string of the molecule is CC(=O)N(C(=O)/C(C#N)=C\Nc1ccccc1C(C)(C)C)c1ccc(N)cc1. The number of carbonyl (C=O) groups excluding carboxylic acids is 2. The largest absolute Gasteiger partial charge is 0.399 e. The fourth-order valence-electron chi connectivity index (χ4n) is 2.74. The predicted octanol–water partition coefficient (Wildman–Crippen LogP) is 3.97. The molecule has 2 aromatic rings. The van der Waals surface area contributed by atoms with Gasteiger partial charge in [0.25, 0.3) is 5.91 Å². The maximum Gasteiger partial charge on any atom is 0.277 e. The highest BCUT2D eigenvalue weighted by atomic mass is 16.2. The summed E-state index contributed by atoms with van der Waals surface area (Å²) in [6, 6.07) is 15.8. The van der Waals surface area contributed by atoms with Crippen molar-refractivity contribution in [1.82, 2.24) is 0 Å². The Kier molecular flexibility index (Phi) is 6.22. The van der Waals surface area contributed by atoms with Crippen molar-refractivity contribution in [3.63, 3.8) is 0 Å². The number of imide groups is 1. The molecule has 0 saturated heterocycles. The second-order valence-corrected chi connectivity index (χ2v) is 7.36. The average molecular weight is 376 g/mol. The summed E-state index contributed by atoms with van der Waals surface area (Å²) in [7, 11) is 0. The van der Waals surface area contributed by atoms with Gasteiger partial charge in [-0.3, -0.25) is 9.59 Å². The molecule has 0 atom stereocenters. The highest BCUT2D eigenvalue weighted by Crippen LogP contribution is 2.29. The zero-order valence-electron chi connectivity index (χ0n) is 16.5. The quantitative estimate of drug-likeness (QED) is 0.478. The molecule has 2 aromatic carbocycles. The Labute approximate surface area is 165 Å². The van der Waals surface area contributed by atoms with Crippen LogP contribution in [-0.2, 0) is 15.0 Å². The summed E-state index contributed by atoms with van der Waals surface area (Å²) in [4.78, 5) is 25.9. The van der Waals surface area contributed by atoms with Crippen LogP contribution in [0.25, 0.3) is 0 Å². The second kappa shape index (κ2) is 8.40. The van der Waals surface area contributed by atoms with Crippen molar-refractivity contribution in [3.05, 3.63) is 65.9 Å². The predicted molar refractivity (Wildman–Crippen MR) is 111 cm³/mol. The lowest BCUT2D eigenvalue weighted by atomic mass is 9.86. The zero-order valence-corrected chi connectivity index (χ0v) is 16.5. The number of carbonyl (C=O) groups is 2. The van der Waals surface area contributed by atoms with Crippen LogP contribution in [0.4, 0.5) is 17.1 Å². The summed E-state index contributed by atoms with van der Waals surface area (Å²) in [5.41, 5.74) is 8.05. The van der Waals surface area contributed by atoms with Crippen LogP contribution in [0.15, 0.2) is 60.3 Å². The molecule has 2 rings (SSSR count). The number of nitrogens with one attached hydrogen (secondary N) is 1. The van der Waals surface area contributed by atoms with Gasteiger partial charge in [0.1, 0.15) is 11.6 Å². The number of hydrogen-bond donors (Lipinski definition) is 2. The van der Waals surface area contributed by atoms with E-state index in [9.17, 15) is 14.9 Å². The first-order valence-corrected chi connectivity index (χ1v) is 8.82. The molecule has 0 spiro atoms. The van der Waals surface area contributed by atoms with Crippen molar-refractivity contribution in [2.75, 3.05) is 16.0 Å². The molecule has 0 fully saturated rings. The van der Waals surface area contributed by atoms with Gasteiger partial charge in [-0.2, -0.15) is 5.26 Å². The lowest BCUT2D eigenvalue weighted by molar-refractivity contribution is -0.123. The lowest BCUT2D eigenvalue weighted by Gasteiger charge is -2.23. The highest BCUT2D eigenvalue weighted by molar-refractivity contribution is 6.21.